The molecular weight excluding hydrogens is 514 g/mol. The third-order valence-electron chi connectivity index (χ3n) is 6.15. The Hall–Kier alpha value is -2.72. The number of aryl methyl sites for hydroxylation is 1. The first kappa shape index (κ1) is 33.5. The van der Waals surface area contributed by atoms with E-state index in [2.05, 4.69) is 19.1 Å². The smallest absolute Gasteiger partial charge is 0.269 e. The first-order valence-corrected chi connectivity index (χ1v) is 14.6. The molecule has 0 aliphatic carbocycles. The summed E-state index contributed by atoms with van der Waals surface area (Å²) in [7, 11) is 0. The van der Waals surface area contributed by atoms with E-state index in [4.69, 9.17) is 28.4 Å². The third kappa shape index (κ3) is 17.1. The molecular formula is C31H47NO8. The van der Waals surface area contributed by atoms with Crippen molar-refractivity contribution in [3.8, 4) is 11.5 Å². The summed E-state index contributed by atoms with van der Waals surface area (Å²) in [6.45, 7) is 6.97. The highest BCUT2D eigenvalue weighted by Crippen LogP contribution is 2.17. The molecule has 0 amide bonds. The van der Waals surface area contributed by atoms with E-state index in [1.54, 1.807) is 12.1 Å². The second-order valence-corrected chi connectivity index (χ2v) is 9.41. The SMILES string of the molecule is CCCCCCCCCc1ccc(OCCOCCOCCOCCOCCOc2ccc([N+](=O)[O-])cc2)cc1. The number of benzene rings is 2. The fraction of sp³-hybridized carbons (Fsp3) is 0.613. The van der Waals surface area contributed by atoms with Gasteiger partial charge in [-0.15, -0.1) is 0 Å². The van der Waals surface area contributed by atoms with Gasteiger partial charge >= 0.3 is 0 Å². The minimum absolute atomic E-state index is 0.0350. The Balaban J connectivity index is 1.30. The second kappa shape index (κ2) is 23.0. The molecule has 224 valence electrons. The highest BCUT2D eigenvalue weighted by atomic mass is 16.6. The van der Waals surface area contributed by atoms with Gasteiger partial charge in [0.1, 0.15) is 24.7 Å². The van der Waals surface area contributed by atoms with Gasteiger partial charge in [0, 0.05) is 12.1 Å². The normalized spacial score (nSPS) is 11.0. The lowest BCUT2D eigenvalue weighted by atomic mass is 10.0. The van der Waals surface area contributed by atoms with Gasteiger partial charge in [-0.2, -0.15) is 0 Å². The van der Waals surface area contributed by atoms with E-state index in [1.807, 2.05) is 12.1 Å². The molecule has 2 aromatic rings. The molecule has 40 heavy (non-hydrogen) atoms. The predicted molar refractivity (Wildman–Crippen MR) is 156 cm³/mol. The predicted octanol–water partition coefficient (Wildman–Crippen LogP) is 6.41. The number of rotatable bonds is 26. The van der Waals surface area contributed by atoms with Crippen molar-refractivity contribution in [3.05, 3.63) is 64.2 Å². The Morgan fingerprint density at radius 2 is 0.950 bits per heavy atom. The summed E-state index contributed by atoms with van der Waals surface area (Å²) in [6.07, 6.45) is 10.5. The van der Waals surface area contributed by atoms with Gasteiger partial charge in [0.2, 0.25) is 0 Å². The lowest BCUT2D eigenvalue weighted by Crippen LogP contribution is -2.14. The molecule has 0 heterocycles. The van der Waals surface area contributed by atoms with Crippen LogP contribution in [-0.2, 0) is 25.4 Å². The van der Waals surface area contributed by atoms with Crippen molar-refractivity contribution < 1.29 is 33.3 Å². The molecule has 0 spiro atoms. The quantitative estimate of drug-likeness (QED) is 0.0738. The lowest BCUT2D eigenvalue weighted by molar-refractivity contribution is -0.384. The number of nitro groups is 1. The van der Waals surface area contributed by atoms with E-state index >= 15 is 0 Å². The van der Waals surface area contributed by atoms with Crippen LogP contribution < -0.4 is 9.47 Å². The maximum Gasteiger partial charge on any atom is 0.269 e. The average molecular weight is 562 g/mol. The monoisotopic (exact) mass is 561 g/mol. The minimum atomic E-state index is -0.444. The number of ether oxygens (including phenoxy) is 6. The van der Waals surface area contributed by atoms with Gasteiger partial charge in [0.05, 0.1) is 57.8 Å². The largest absolute Gasteiger partial charge is 0.491 e. The maximum absolute atomic E-state index is 10.6. The average Bonchev–Trinajstić information content (AvgIpc) is 2.97. The van der Waals surface area contributed by atoms with Crippen LogP contribution >= 0.6 is 0 Å². The zero-order chi connectivity index (χ0) is 28.5. The van der Waals surface area contributed by atoms with E-state index in [1.165, 1.54) is 62.6 Å². The molecule has 0 saturated heterocycles. The molecule has 2 aromatic carbocycles. The summed E-state index contributed by atoms with van der Waals surface area (Å²) in [5.41, 5.74) is 1.41. The number of hydrogen-bond donors (Lipinski definition) is 0. The highest BCUT2D eigenvalue weighted by molar-refractivity contribution is 5.35. The van der Waals surface area contributed by atoms with Crippen molar-refractivity contribution in [2.24, 2.45) is 0 Å². The van der Waals surface area contributed by atoms with Crippen molar-refractivity contribution in [2.75, 3.05) is 66.1 Å². The molecule has 0 N–H and O–H groups in total. The van der Waals surface area contributed by atoms with Crippen LogP contribution in [0.3, 0.4) is 0 Å². The van der Waals surface area contributed by atoms with Crippen molar-refractivity contribution in [1.82, 2.24) is 0 Å². The van der Waals surface area contributed by atoms with Gasteiger partial charge in [-0.05, 0) is 42.7 Å². The Kier molecular flexibility index (Phi) is 19.3. The molecule has 0 atom stereocenters. The van der Waals surface area contributed by atoms with Gasteiger partial charge in [-0.3, -0.25) is 10.1 Å². The second-order valence-electron chi connectivity index (χ2n) is 9.41. The van der Waals surface area contributed by atoms with Crippen LogP contribution in [0.25, 0.3) is 0 Å². The van der Waals surface area contributed by atoms with Crippen LogP contribution in [0, 0.1) is 10.1 Å². The summed E-state index contributed by atoms with van der Waals surface area (Å²) in [4.78, 5) is 10.2. The molecule has 9 heteroatoms. The summed E-state index contributed by atoms with van der Waals surface area (Å²) in [6, 6.07) is 14.4. The van der Waals surface area contributed by atoms with Crippen LogP contribution in [0.1, 0.15) is 57.4 Å². The third-order valence-corrected chi connectivity index (χ3v) is 6.15. The van der Waals surface area contributed by atoms with Gasteiger partial charge in [-0.25, -0.2) is 0 Å². The fourth-order valence-corrected chi connectivity index (χ4v) is 3.90. The van der Waals surface area contributed by atoms with Crippen LogP contribution in [0.5, 0.6) is 11.5 Å². The van der Waals surface area contributed by atoms with Gasteiger partial charge in [0.15, 0.2) is 0 Å². The van der Waals surface area contributed by atoms with Gasteiger partial charge < -0.3 is 28.4 Å². The van der Waals surface area contributed by atoms with Crippen LogP contribution in [0.4, 0.5) is 5.69 Å². The Morgan fingerprint density at radius 1 is 0.550 bits per heavy atom. The molecule has 9 nitrogen and oxygen atoms in total. The molecule has 0 radical (unpaired) electrons. The van der Waals surface area contributed by atoms with Crippen LogP contribution in [0.15, 0.2) is 48.5 Å². The number of non-ortho nitro benzene ring substituents is 1. The summed E-state index contributed by atoms with van der Waals surface area (Å²) in [5.74, 6) is 1.44. The van der Waals surface area contributed by atoms with Crippen molar-refractivity contribution in [2.45, 2.75) is 58.3 Å². The number of nitrogens with zero attached hydrogens (tertiary/aromatic N) is 1. The van der Waals surface area contributed by atoms with Crippen molar-refractivity contribution in [1.29, 1.82) is 0 Å². The standard InChI is InChI=1S/C31H47NO8/c1-2-3-4-5-6-7-8-9-28-10-14-30(15-11-28)39-26-24-37-22-20-35-18-19-36-21-23-38-25-27-40-31-16-12-29(13-17-31)32(33)34/h10-17H,2-9,18-27H2,1H3. The zero-order valence-corrected chi connectivity index (χ0v) is 24.1. The minimum Gasteiger partial charge on any atom is -0.491 e. The van der Waals surface area contributed by atoms with Gasteiger partial charge in [0.25, 0.3) is 5.69 Å². The van der Waals surface area contributed by atoms with Gasteiger partial charge in [-0.1, -0.05) is 57.6 Å². The lowest BCUT2D eigenvalue weighted by Gasteiger charge is -2.09. The first-order valence-electron chi connectivity index (χ1n) is 14.6. The molecule has 0 bridgehead atoms. The van der Waals surface area contributed by atoms with E-state index in [-0.39, 0.29) is 5.69 Å². The van der Waals surface area contributed by atoms with E-state index < -0.39 is 4.92 Å². The highest BCUT2D eigenvalue weighted by Gasteiger charge is 2.04. The van der Waals surface area contributed by atoms with E-state index in [0.717, 1.165) is 12.2 Å². The topological polar surface area (TPSA) is 98.5 Å². The number of unbranched alkanes of at least 4 members (excludes halogenated alkanes) is 6. The van der Waals surface area contributed by atoms with Crippen LogP contribution in [-0.4, -0.2) is 71.0 Å². The van der Waals surface area contributed by atoms with E-state index in [0.29, 0.717) is 71.8 Å². The van der Waals surface area contributed by atoms with E-state index in [9.17, 15) is 10.1 Å². The Labute approximate surface area is 239 Å². The zero-order valence-electron chi connectivity index (χ0n) is 24.1. The molecule has 0 aliphatic rings. The Bertz CT molecular complexity index is 876. The first-order chi connectivity index (χ1) is 19.7. The number of nitro benzene ring substituents is 1. The molecule has 0 fully saturated rings. The molecule has 2 rings (SSSR count). The maximum atomic E-state index is 10.6. The summed E-state index contributed by atoms with van der Waals surface area (Å²) < 4.78 is 33.2. The molecule has 0 aromatic heterocycles. The summed E-state index contributed by atoms with van der Waals surface area (Å²) in [5, 5.41) is 10.6. The molecule has 0 aliphatic heterocycles. The van der Waals surface area contributed by atoms with Crippen LogP contribution in [0.2, 0.25) is 0 Å². The van der Waals surface area contributed by atoms with Crippen molar-refractivity contribution >= 4 is 5.69 Å². The molecule has 0 saturated carbocycles. The Morgan fingerprint density at radius 3 is 1.40 bits per heavy atom. The molecule has 0 unspecified atom stereocenters. The van der Waals surface area contributed by atoms with Crippen molar-refractivity contribution in [3.63, 3.8) is 0 Å². The summed E-state index contributed by atoms with van der Waals surface area (Å²) >= 11 is 0. The fourth-order valence-electron chi connectivity index (χ4n) is 3.90. The number of hydrogen-bond acceptors (Lipinski definition) is 8.